The van der Waals surface area contributed by atoms with Crippen LogP contribution in [0.4, 0.5) is 0 Å². The summed E-state index contributed by atoms with van der Waals surface area (Å²) < 4.78 is 1.82. The van der Waals surface area contributed by atoms with Crippen molar-refractivity contribution in [3.8, 4) is 0 Å². The van der Waals surface area contributed by atoms with Gasteiger partial charge in [0.25, 0.3) is 0 Å². The lowest BCUT2D eigenvalue weighted by molar-refractivity contribution is -0.127. The Labute approximate surface area is 130 Å². The van der Waals surface area contributed by atoms with Gasteiger partial charge in [0.05, 0.1) is 12.3 Å². The van der Waals surface area contributed by atoms with Gasteiger partial charge in [-0.3, -0.25) is 9.48 Å². The van der Waals surface area contributed by atoms with Gasteiger partial charge in [-0.05, 0) is 24.6 Å². The first-order valence-corrected chi connectivity index (χ1v) is 7.38. The molecular weight excluding hydrogens is 278 g/mol. The fourth-order valence-electron chi connectivity index (χ4n) is 2.20. The Morgan fingerprint density at radius 2 is 2.09 bits per heavy atom. The fraction of sp³-hybridized carbons (Fsp3) is 0.294. The van der Waals surface area contributed by atoms with Crippen molar-refractivity contribution in [3.05, 3.63) is 59.9 Å². The fourth-order valence-corrected chi connectivity index (χ4v) is 2.20. The standard InChI is InChI=1S/C17H21N3O2/c1-2-20-16(10-11-18-20)8-9-17(22)19(12-13-21)14-15-6-4-3-5-7-15/h3-11,21H,2,12-14H2,1H3/b9-8+. The van der Waals surface area contributed by atoms with Crippen LogP contribution in [0.25, 0.3) is 6.08 Å². The van der Waals surface area contributed by atoms with E-state index in [-0.39, 0.29) is 12.5 Å². The average molecular weight is 299 g/mol. The van der Waals surface area contributed by atoms with Crippen LogP contribution in [0.2, 0.25) is 0 Å². The molecule has 1 heterocycles. The van der Waals surface area contributed by atoms with E-state index in [1.165, 1.54) is 6.08 Å². The van der Waals surface area contributed by atoms with Crippen LogP contribution in [0, 0.1) is 0 Å². The third-order valence-electron chi connectivity index (χ3n) is 3.34. The molecule has 0 bridgehead atoms. The van der Waals surface area contributed by atoms with Gasteiger partial charge < -0.3 is 10.0 Å². The second-order valence-electron chi connectivity index (χ2n) is 4.87. The number of hydrogen-bond acceptors (Lipinski definition) is 3. The normalized spacial score (nSPS) is 11.0. The predicted octanol–water partition coefficient (Wildman–Crippen LogP) is 1.94. The van der Waals surface area contributed by atoms with E-state index in [2.05, 4.69) is 5.10 Å². The summed E-state index contributed by atoms with van der Waals surface area (Å²) in [5.74, 6) is -0.123. The lowest BCUT2D eigenvalue weighted by atomic mass is 10.2. The summed E-state index contributed by atoms with van der Waals surface area (Å²) >= 11 is 0. The van der Waals surface area contributed by atoms with Gasteiger partial charge in [0.2, 0.25) is 5.91 Å². The maximum absolute atomic E-state index is 12.3. The Bertz CT molecular complexity index is 620. The first kappa shape index (κ1) is 16.0. The largest absolute Gasteiger partial charge is 0.395 e. The molecule has 0 aliphatic carbocycles. The number of carbonyl (C=O) groups is 1. The van der Waals surface area contributed by atoms with Crippen molar-refractivity contribution in [1.82, 2.24) is 14.7 Å². The van der Waals surface area contributed by atoms with Gasteiger partial charge in [0.15, 0.2) is 0 Å². The topological polar surface area (TPSA) is 58.4 Å². The summed E-state index contributed by atoms with van der Waals surface area (Å²) in [5, 5.41) is 13.3. The Balaban J connectivity index is 2.06. The van der Waals surface area contributed by atoms with Crippen molar-refractivity contribution in [2.24, 2.45) is 0 Å². The molecule has 5 nitrogen and oxygen atoms in total. The number of aliphatic hydroxyl groups excluding tert-OH is 1. The number of amides is 1. The Morgan fingerprint density at radius 1 is 1.32 bits per heavy atom. The first-order valence-electron chi connectivity index (χ1n) is 7.38. The van der Waals surface area contributed by atoms with Crippen LogP contribution in [0.5, 0.6) is 0 Å². The van der Waals surface area contributed by atoms with Gasteiger partial charge in [-0.15, -0.1) is 0 Å². The molecule has 0 saturated heterocycles. The number of carbonyl (C=O) groups excluding carboxylic acids is 1. The van der Waals surface area contributed by atoms with E-state index >= 15 is 0 Å². The summed E-state index contributed by atoms with van der Waals surface area (Å²) in [5.41, 5.74) is 1.93. The number of rotatable bonds is 7. The van der Waals surface area contributed by atoms with Crippen LogP contribution in [0.1, 0.15) is 18.2 Å². The van der Waals surface area contributed by atoms with Crippen LogP contribution in [0.15, 0.2) is 48.7 Å². The minimum atomic E-state index is -0.123. The molecule has 1 aromatic heterocycles. The lowest BCUT2D eigenvalue weighted by Crippen LogP contribution is -2.31. The smallest absolute Gasteiger partial charge is 0.247 e. The quantitative estimate of drug-likeness (QED) is 0.795. The molecule has 0 spiro atoms. The molecule has 0 unspecified atom stereocenters. The highest BCUT2D eigenvalue weighted by atomic mass is 16.3. The van der Waals surface area contributed by atoms with Crippen molar-refractivity contribution in [1.29, 1.82) is 0 Å². The maximum atomic E-state index is 12.3. The molecule has 2 aromatic rings. The van der Waals surface area contributed by atoms with Gasteiger partial charge >= 0.3 is 0 Å². The Kier molecular flexibility index (Phi) is 5.91. The molecule has 0 aliphatic heterocycles. The third kappa shape index (κ3) is 4.30. The van der Waals surface area contributed by atoms with Crippen LogP contribution in [0.3, 0.4) is 0 Å². The summed E-state index contributed by atoms with van der Waals surface area (Å²) in [6, 6.07) is 11.6. The number of benzene rings is 1. The van der Waals surface area contributed by atoms with E-state index in [1.807, 2.05) is 48.0 Å². The second kappa shape index (κ2) is 8.14. The molecule has 2 rings (SSSR count). The number of aliphatic hydroxyl groups is 1. The zero-order chi connectivity index (χ0) is 15.8. The molecule has 116 valence electrons. The van der Waals surface area contributed by atoms with E-state index in [0.29, 0.717) is 13.1 Å². The second-order valence-corrected chi connectivity index (χ2v) is 4.87. The molecule has 0 aliphatic rings. The molecule has 1 aromatic carbocycles. The van der Waals surface area contributed by atoms with Crippen molar-refractivity contribution in [2.75, 3.05) is 13.2 Å². The molecule has 0 saturated carbocycles. The Hall–Kier alpha value is -2.40. The van der Waals surface area contributed by atoms with Gasteiger partial charge in [-0.2, -0.15) is 5.10 Å². The van der Waals surface area contributed by atoms with E-state index < -0.39 is 0 Å². The van der Waals surface area contributed by atoms with Gasteiger partial charge in [0, 0.05) is 31.9 Å². The number of aryl methyl sites for hydroxylation is 1. The average Bonchev–Trinajstić information content (AvgIpc) is 3.00. The summed E-state index contributed by atoms with van der Waals surface area (Å²) in [6.07, 6.45) is 5.00. The molecule has 0 fully saturated rings. The maximum Gasteiger partial charge on any atom is 0.247 e. The zero-order valence-electron chi connectivity index (χ0n) is 12.7. The Morgan fingerprint density at radius 3 is 2.77 bits per heavy atom. The molecule has 22 heavy (non-hydrogen) atoms. The first-order chi connectivity index (χ1) is 10.7. The SMILES string of the molecule is CCn1nccc1/C=C/C(=O)N(CCO)Cc1ccccc1. The van der Waals surface area contributed by atoms with Crippen LogP contribution in [-0.2, 0) is 17.9 Å². The van der Waals surface area contributed by atoms with Crippen LogP contribution >= 0.6 is 0 Å². The van der Waals surface area contributed by atoms with Crippen molar-refractivity contribution in [3.63, 3.8) is 0 Å². The summed E-state index contributed by atoms with van der Waals surface area (Å²) in [7, 11) is 0. The van der Waals surface area contributed by atoms with E-state index in [4.69, 9.17) is 5.11 Å². The van der Waals surface area contributed by atoms with E-state index in [9.17, 15) is 4.79 Å². The number of aromatic nitrogens is 2. The molecular formula is C17H21N3O2. The van der Waals surface area contributed by atoms with Crippen LogP contribution in [-0.4, -0.2) is 38.8 Å². The minimum absolute atomic E-state index is 0.0562. The number of hydrogen-bond donors (Lipinski definition) is 1. The molecule has 1 N–H and O–H groups in total. The van der Waals surface area contributed by atoms with Gasteiger partial charge in [-0.25, -0.2) is 0 Å². The molecule has 0 radical (unpaired) electrons. The molecule has 1 amide bonds. The predicted molar refractivity (Wildman–Crippen MR) is 85.9 cm³/mol. The third-order valence-corrected chi connectivity index (χ3v) is 3.34. The van der Waals surface area contributed by atoms with Gasteiger partial charge in [0.1, 0.15) is 0 Å². The van der Waals surface area contributed by atoms with E-state index in [1.54, 1.807) is 17.2 Å². The highest BCUT2D eigenvalue weighted by molar-refractivity contribution is 5.91. The zero-order valence-corrected chi connectivity index (χ0v) is 12.7. The summed E-state index contributed by atoms with van der Waals surface area (Å²) in [4.78, 5) is 14.0. The van der Waals surface area contributed by atoms with Crippen molar-refractivity contribution < 1.29 is 9.90 Å². The molecule has 5 heteroatoms. The summed E-state index contributed by atoms with van der Waals surface area (Å²) in [6.45, 7) is 3.49. The molecule has 0 atom stereocenters. The van der Waals surface area contributed by atoms with Crippen molar-refractivity contribution in [2.45, 2.75) is 20.0 Å². The highest BCUT2D eigenvalue weighted by Gasteiger charge is 2.10. The monoisotopic (exact) mass is 299 g/mol. The lowest BCUT2D eigenvalue weighted by Gasteiger charge is -2.20. The highest BCUT2D eigenvalue weighted by Crippen LogP contribution is 2.07. The van der Waals surface area contributed by atoms with Crippen molar-refractivity contribution >= 4 is 12.0 Å². The van der Waals surface area contributed by atoms with Gasteiger partial charge in [-0.1, -0.05) is 30.3 Å². The minimum Gasteiger partial charge on any atom is -0.395 e. The van der Waals surface area contributed by atoms with E-state index in [0.717, 1.165) is 17.8 Å². The van der Waals surface area contributed by atoms with Crippen LogP contribution < -0.4 is 0 Å². The number of nitrogens with zero attached hydrogens (tertiary/aromatic N) is 3.